The fourth-order valence-corrected chi connectivity index (χ4v) is 9.80. The summed E-state index contributed by atoms with van der Waals surface area (Å²) in [6, 6.07) is 66.6. The molecule has 266 valence electrons. The third-order valence-corrected chi connectivity index (χ3v) is 12.4. The van der Waals surface area contributed by atoms with Crippen LogP contribution in [-0.2, 0) is 0 Å². The monoisotopic (exact) mass is 745 g/mol. The summed E-state index contributed by atoms with van der Waals surface area (Å²) in [5.74, 6) is 1.93. The second kappa shape index (κ2) is 12.6. The molecule has 0 saturated heterocycles. The van der Waals surface area contributed by atoms with Gasteiger partial charge in [0.2, 0.25) is 0 Å². The number of thiophene rings is 1. The van der Waals surface area contributed by atoms with Crippen LogP contribution in [0, 0.1) is 0 Å². The molecule has 0 aliphatic heterocycles. The molecule has 6 heteroatoms. The Kier molecular flexibility index (Phi) is 7.03. The summed E-state index contributed by atoms with van der Waals surface area (Å²) in [5.41, 5.74) is 9.80. The standard InChI is InChI=1S/C51H31N5S/c1-4-14-32(15-5-1)49-52-50(33-16-6-2-7-17-33)54-51(53-49)34-24-26-36(27-25-34)56-45-31-44-41(37-20-10-12-22-43(37)55(44)35-18-8-3-9-19-35)30-42(45)39-28-29-40-38-21-11-13-23-46(38)57-48(40)47(39)56/h1-31H. The van der Waals surface area contributed by atoms with E-state index < -0.39 is 0 Å². The van der Waals surface area contributed by atoms with Gasteiger partial charge in [0.05, 0.1) is 26.8 Å². The van der Waals surface area contributed by atoms with Gasteiger partial charge < -0.3 is 9.13 Å². The third kappa shape index (κ3) is 4.98. The van der Waals surface area contributed by atoms with Gasteiger partial charge in [0.1, 0.15) is 0 Å². The van der Waals surface area contributed by atoms with Gasteiger partial charge >= 0.3 is 0 Å². The largest absolute Gasteiger partial charge is 0.309 e. The molecule has 0 saturated carbocycles. The molecule has 0 fully saturated rings. The first kappa shape index (κ1) is 31.9. The highest BCUT2D eigenvalue weighted by atomic mass is 32.1. The van der Waals surface area contributed by atoms with E-state index in [9.17, 15) is 0 Å². The minimum atomic E-state index is 0.637. The van der Waals surface area contributed by atoms with Gasteiger partial charge in [-0.3, -0.25) is 0 Å². The van der Waals surface area contributed by atoms with Crippen LogP contribution in [0.5, 0.6) is 0 Å². The molecule has 0 aliphatic carbocycles. The SMILES string of the molecule is c1ccc(-c2nc(-c3ccccc3)nc(-c3ccc(-n4c5cc6c(cc5c5ccc7c8ccccc8sc7c54)c4ccccc4n6-c4ccccc4)cc3)n2)cc1. The Bertz CT molecular complexity index is 3430. The van der Waals surface area contributed by atoms with Crippen molar-refractivity contribution in [2.75, 3.05) is 0 Å². The van der Waals surface area contributed by atoms with Crippen molar-refractivity contribution in [2.24, 2.45) is 0 Å². The molecule has 8 aromatic carbocycles. The van der Waals surface area contributed by atoms with Crippen molar-refractivity contribution in [3.05, 3.63) is 188 Å². The van der Waals surface area contributed by atoms with E-state index in [1.807, 2.05) is 72.0 Å². The zero-order chi connectivity index (χ0) is 37.5. The lowest BCUT2D eigenvalue weighted by Gasteiger charge is -2.12. The maximum Gasteiger partial charge on any atom is 0.164 e. The number of nitrogens with zero attached hydrogens (tertiary/aromatic N) is 5. The van der Waals surface area contributed by atoms with Gasteiger partial charge in [-0.05, 0) is 60.7 Å². The van der Waals surface area contributed by atoms with Gasteiger partial charge in [0, 0.05) is 65.1 Å². The zero-order valence-electron chi connectivity index (χ0n) is 30.5. The molecule has 4 heterocycles. The van der Waals surface area contributed by atoms with E-state index in [1.165, 1.54) is 58.3 Å². The van der Waals surface area contributed by atoms with E-state index in [1.54, 1.807) is 0 Å². The Morgan fingerprint density at radius 1 is 0.333 bits per heavy atom. The number of aromatic nitrogens is 5. The van der Waals surface area contributed by atoms with Gasteiger partial charge in [-0.15, -0.1) is 11.3 Å². The first-order chi connectivity index (χ1) is 28.3. The van der Waals surface area contributed by atoms with Crippen LogP contribution < -0.4 is 0 Å². The molecule has 12 rings (SSSR count). The molecule has 0 aliphatic rings. The topological polar surface area (TPSA) is 48.5 Å². The maximum absolute atomic E-state index is 5.02. The summed E-state index contributed by atoms with van der Waals surface area (Å²) in [5, 5.41) is 7.52. The summed E-state index contributed by atoms with van der Waals surface area (Å²) in [4.78, 5) is 15.0. The van der Waals surface area contributed by atoms with Crippen molar-refractivity contribution in [1.82, 2.24) is 24.1 Å². The van der Waals surface area contributed by atoms with Crippen LogP contribution in [0.15, 0.2) is 188 Å². The first-order valence-electron chi connectivity index (χ1n) is 19.1. The normalized spacial score (nSPS) is 11.9. The lowest BCUT2D eigenvalue weighted by atomic mass is 10.1. The van der Waals surface area contributed by atoms with E-state index in [4.69, 9.17) is 15.0 Å². The molecule has 0 N–H and O–H groups in total. The number of benzene rings is 8. The Hall–Kier alpha value is -7.41. The van der Waals surface area contributed by atoms with Crippen LogP contribution in [0.25, 0.3) is 109 Å². The zero-order valence-corrected chi connectivity index (χ0v) is 31.4. The summed E-state index contributed by atoms with van der Waals surface area (Å²) in [6.45, 7) is 0. The van der Waals surface area contributed by atoms with Crippen LogP contribution in [-0.4, -0.2) is 24.1 Å². The van der Waals surface area contributed by atoms with Gasteiger partial charge in [0.25, 0.3) is 0 Å². The van der Waals surface area contributed by atoms with E-state index in [2.05, 4.69) is 137 Å². The predicted octanol–water partition coefficient (Wildman–Crippen LogP) is 13.4. The van der Waals surface area contributed by atoms with Gasteiger partial charge in [-0.1, -0.05) is 127 Å². The van der Waals surface area contributed by atoms with Crippen LogP contribution in [0.1, 0.15) is 0 Å². The van der Waals surface area contributed by atoms with Crippen molar-refractivity contribution in [2.45, 2.75) is 0 Å². The molecule has 0 radical (unpaired) electrons. The second-order valence-corrected chi connectivity index (χ2v) is 15.5. The van der Waals surface area contributed by atoms with Crippen molar-refractivity contribution < 1.29 is 0 Å². The number of rotatable bonds is 5. The Morgan fingerprint density at radius 2 is 0.842 bits per heavy atom. The maximum atomic E-state index is 5.02. The average molecular weight is 746 g/mol. The van der Waals surface area contributed by atoms with E-state index in [0.29, 0.717) is 17.5 Å². The molecule has 0 bridgehead atoms. The van der Waals surface area contributed by atoms with E-state index >= 15 is 0 Å². The molecular weight excluding hydrogens is 715 g/mol. The summed E-state index contributed by atoms with van der Waals surface area (Å²) in [7, 11) is 0. The fourth-order valence-electron chi connectivity index (χ4n) is 8.56. The predicted molar refractivity (Wildman–Crippen MR) is 238 cm³/mol. The average Bonchev–Trinajstić information content (AvgIpc) is 3.94. The molecule has 12 aromatic rings. The lowest BCUT2D eigenvalue weighted by Crippen LogP contribution is -2.00. The van der Waals surface area contributed by atoms with Crippen LogP contribution >= 0.6 is 11.3 Å². The summed E-state index contributed by atoms with van der Waals surface area (Å²) >= 11 is 1.87. The second-order valence-electron chi connectivity index (χ2n) is 14.4. The van der Waals surface area contributed by atoms with Gasteiger partial charge in [-0.25, -0.2) is 15.0 Å². The molecule has 4 aromatic heterocycles. The summed E-state index contributed by atoms with van der Waals surface area (Å²) in [6.07, 6.45) is 0. The van der Waals surface area contributed by atoms with E-state index in [-0.39, 0.29) is 0 Å². The Balaban J connectivity index is 1.12. The highest BCUT2D eigenvalue weighted by Crippen LogP contribution is 2.45. The first-order valence-corrected chi connectivity index (χ1v) is 19.9. The smallest absolute Gasteiger partial charge is 0.164 e. The van der Waals surface area contributed by atoms with E-state index in [0.717, 1.165) is 33.6 Å². The Labute approximate surface area is 331 Å². The number of hydrogen-bond donors (Lipinski definition) is 0. The number of hydrogen-bond acceptors (Lipinski definition) is 4. The molecule has 0 atom stereocenters. The molecular formula is C51H31N5S. The Morgan fingerprint density at radius 3 is 1.53 bits per heavy atom. The molecule has 57 heavy (non-hydrogen) atoms. The molecule has 0 spiro atoms. The molecule has 0 amide bonds. The summed E-state index contributed by atoms with van der Waals surface area (Å²) < 4.78 is 7.44. The number of fused-ring (bicyclic) bond motifs is 10. The highest BCUT2D eigenvalue weighted by Gasteiger charge is 2.22. The van der Waals surface area contributed by atoms with Crippen LogP contribution in [0.2, 0.25) is 0 Å². The molecule has 5 nitrogen and oxygen atoms in total. The van der Waals surface area contributed by atoms with Crippen molar-refractivity contribution in [1.29, 1.82) is 0 Å². The third-order valence-electron chi connectivity index (χ3n) is 11.2. The van der Waals surface area contributed by atoms with Crippen LogP contribution in [0.4, 0.5) is 0 Å². The van der Waals surface area contributed by atoms with Crippen molar-refractivity contribution >= 4 is 75.1 Å². The van der Waals surface area contributed by atoms with Gasteiger partial charge in [0.15, 0.2) is 17.5 Å². The lowest BCUT2D eigenvalue weighted by molar-refractivity contribution is 1.07. The quantitative estimate of drug-likeness (QED) is 0.176. The minimum Gasteiger partial charge on any atom is -0.309 e. The van der Waals surface area contributed by atoms with Crippen LogP contribution in [0.3, 0.4) is 0 Å². The highest BCUT2D eigenvalue weighted by molar-refractivity contribution is 7.26. The number of para-hydroxylation sites is 2. The van der Waals surface area contributed by atoms with Crippen molar-refractivity contribution in [3.63, 3.8) is 0 Å². The minimum absolute atomic E-state index is 0.637. The van der Waals surface area contributed by atoms with Crippen molar-refractivity contribution in [3.8, 4) is 45.5 Å². The van der Waals surface area contributed by atoms with Gasteiger partial charge in [-0.2, -0.15) is 0 Å². The molecule has 0 unspecified atom stereocenters. The fraction of sp³-hybridized carbons (Fsp3) is 0.